The van der Waals surface area contributed by atoms with Crippen molar-refractivity contribution in [3.05, 3.63) is 17.8 Å². The van der Waals surface area contributed by atoms with Crippen LogP contribution in [-0.4, -0.2) is 11.1 Å². The van der Waals surface area contributed by atoms with Gasteiger partial charge in [-0.2, -0.15) is 0 Å². The summed E-state index contributed by atoms with van der Waals surface area (Å²) in [6, 6.07) is 1.93. The van der Waals surface area contributed by atoms with Crippen LogP contribution in [0.5, 0.6) is 5.75 Å². The summed E-state index contributed by atoms with van der Waals surface area (Å²) in [5.41, 5.74) is 6.95. The van der Waals surface area contributed by atoms with Gasteiger partial charge in [0.1, 0.15) is 11.6 Å². The van der Waals surface area contributed by atoms with Crippen molar-refractivity contribution in [2.75, 3.05) is 5.73 Å². The van der Waals surface area contributed by atoms with Gasteiger partial charge in [0.2, 0.25) is 0 Å². The first-order valence-corrected chi connectivity index (χ1v) is 6.39. The zero-order valence-electron chi connectivity index (χ0n) is 11.0. The molecule has 3 heteroatoms. The lowest BCUT2D eigenvalue weighted by Crippen LogP contribution is -2.18. The summed E-state index contributed by atoms with van der Waals surface area (Å²) in [6.07, 6.45) is 7.01. The molecule has 0 aromatic carbocycles. The van der Waals surface area contributed by atoms with Gasteiger partial charge in [0.25, 0.3) is 0 Å². The second kappa shape index (κ2) is 4.55. The van der Waals surface area contributed by atoms with Gasteiger partial charge in [-0.15, -0.1) is 0 Å². The molecular weight excluding hydrogens is 212 g/mol. The van der Waals surface area contributed by atoms with Crippen molar-refractivity contribution in [3.63, 3.8) is 0 Å². The number of nitrogens with zero attached hydrogens (tertiary/aromatic N) is 1. The predicted molar refractivity (Wildman–Crippen MR) is 70.2 cm³/mol. The third-order valence-electron chi connectivity index (χ3n) is 3.29. The number of nitrogens with two attached hydrogens (primary N) is 1. The van der Waals surface area contributed by atoms with Crippen molar-refractivity contribution in [2.45, 2.75) is 58.0 Å². The van der Waals surface area contributed by atoms with Crippen LogP contribution in [0.15, 0.2) is 12.3 Å². The van der Waals surface area contributed by atoms with Gasteiger partial charge in [0, 0.05) is 5.56 Å². The van der Waals surface area contributed by atoms with Gasteiger partial charge in [-0.3, -0.25) is 0 Å². The Morgan fingerprint density at radius 1 is 1.29 bits per heavy atom. The molecule has 0 bridgehead atoms. The van der Waals surface area contributed by atoms with Gasteiger partial charge in [0.05, 0.1) is 12.3 Å². The summed E-state index contributed by atoms with van der Waals surface area (Å²) in [7, 11) is 0. The summed E-state index contributed by atoms with van der Waals surface area (Å²) in [5.74, 6) is 1.47. The number of hydrogen-bond donors (Lipinski definition) is 1. The SMILES string of the molecule is CC(C)(C)c1cc(N)ncc1OC1CCCC1. The molecule has 1 saturated carbocycles. The molecule has 1 heterocycles. The fourth-order valence-electron chi connectivity index (χ4n) is 2.32. The van der Waals surface area contributed by atoms with Crippen LogP contribution >= 0.6 is 0 Å². The largest absolute Gasteiger partial charge is 0.489 e. The summed E-state index contributed by atoms with van der Waals surface area (Å²) in [4.78, 5) is 4.15. The van der Waals surface area contributed by atoms with Crippen molar-refractivity contribution >= 4 is 5.82 Å². The van der Waals surface area contributed by atoms with Gasteiger partial charge in [-0.05, 0) is 37.2 Å². The monoisotopic (exact) mass is 234 g/mol. The maximum Gasteiger partial charge on any atom is 0.141 e. The standard InChI is InChI=1S/C14H22N2O/c1-14(2,3)11-8-13(15)16-9-12(11)17-10-6-4-5-7-10/h8-10H,4-7H2,1-3H3,(H2,15,16). The minimum Gasteiger partial charge on any atom is -0.489 e. The molecule has 1 aromatic rings. The number of aromatic nitrogens is 1. The zero-order chi connectivity index (χ0) is 12.5. The van der Waals surface area contributed by atoms with E-state index in [1.54, 1.807) is 6.20 Å². The van der Waals surface area contributed by atoms with Crippen molar-refractivity contribution in [1.29, 1.82) is 0 Å². The Morgan fingerprint density at radius 2 is 1.94 bits per heavy atom. The minimum atomic E-state index is 0.0327. The van der Waals surface area contributed by atoms with E-state index in [-0.39, 0.29) is 5.41 Å². The second-order valence-electron chi connectivity index (χ2n) is 5.88. The van der Waals surface area contributed by atoms with E-state index in [4.69, 9.17) is 10.5 Å². The van der Waals surface area contributed by atoms with E-state index in [1.807, 2.05) is 6.07 Å². The van der Waals surface area contributed by atoms with E-state index in [1.165, 1.54) is 12.8 Å². The number of anilines is 1. The van der Waals surface area contributed by atoms with Crippen LogP contribution in [0, 0.1) is 0 Å². The molecule has 0 saturated heterocycles. The van der Waals surface area contributed by atoms with E-state index >= 15 is 0 Å². The van der Waals surface area contributed by atoms with Gasteiger partial charge in [-0.25, -0.2) is 4.98 Å². The van der Waals surface area contributed by atoms with Crippen molar-refractivity contribution in [1.82, 2.24) is 4.98 Å². The Labute approximate surface area is 103 Å². The maximum atomic E-state index is 6.07. The molecule has 2 rings (SSSR count). The quantitative estimate of drug-likeness (QED) is 0.854. The Morgan fingerprint density at radius 3 is 2.53 bits per heavy atom. The first kappa shape index (κ1) is 12.2. The lowest BCUT2D eigenvalue weighted by molar-refractivity contribution is 0.204. The Kier molecular flexibility index (Phi) is 3.27. The highest BCUT2D eigenvalue weighted by Crippen LogP contribution is 2.34. The fourth-order valence-corrected chi connectivity index (χ4v) is 2.32. The fraction of sp³-hybridized carbons (Fsp3) is 0.643. The topological polar surface area (TPSA) is 48.1 Å². The Bertz CT molecular complexity index is 390. The van der Waals surface area contributed by atoms with Gasteiger partial charge in [-0.1, -0.05) is 20.8 Å². The molecule has 1 aliphatic carbocycles. The summed E-state index contributed by atoms with van der Waals surface area (Å²) in [5, 5.41) is 0. The van der Waals surface area contributed by atoms with Crippen LogP contribution < -0.4 is 10.5 Å². The first-order valence-electron chi connectivity index (χ1n) is 6.39. The van der Waals surface area contributed by atoms with Gasteiger partial charge < -0.3 is 10.5 Å². The molecular formula is C14H22N2O. The van der Waals surface area contributed by atoms with E-state index in [9.17, 15) is 0 Å². The van der Waals surface area contributed by atoms with Crippen LogP contribution in [-0.2, 0) is 5.41 Å². The number of hydrogen-bond acceptors (Lipinski definition) is 3. The number of ether oxygens (including phenoxy) is 1. The Balaban J connectivity index is 2.25. The van der Waals surface area contributed by atoms with Gasteiger partial charge >= 0.3 is 0 Å². The number of rotatable bonds is 2. The van der Waals surface area contributed by atoms with E-state index in [0.717, 1.165) is 24.2 Å². The summed E-state index contributed by atoms with van der Waals surface area (Å²) < 4.78 is 6.07. The van der Waals surface area contributed by atoms with Crippen molar-refractivity contribution in [2.24, 2.45) is 0 Å². The molecule has 1 aliphatic rings. The summed E-state index contributed by atoms with van der Waals surface area (Å²) in [6.45, 7) is 6.51. The average molecular weight is 234 g/mol. The van der Waals surface area contributed by atoms with Gasteiger partial charge in [0.15, 0.2) is 0 Å². The summed E-state index contributed by atoms with van der Waals surface area (Å²) >= 11 is 0. The van der Waals surface area contributed by atoms with E-state index < -0.39 is 0 Å². The molecule has 0 radical (unpaired) electrons. The average Bonchev–Trinajstić information content (AvgIpc) is 2.72. The number of nitrogen functional groups attached to an aromatic ring is 1. The smallest absolute Gasteiger partial charge is 0.141 e. The van der Waals surface area contributed by atoms with Crippen LogP contribution in [0.25, 0.3) is 0 Å². The molecule has 0 aliphatic heterocycles. The molecule has 1 fully saturated rings. The minimum absolute atomic E-state index is 0.0327. The molecule has 2 N–H and O–H groups in total. The third-order valence-corrected chi connectivity index (χ3v) is 3.29. The highest BCUT2D eigenvalue weighted by atomic mass is 16.5. The highest BCUT2D eigenvalue weighted by molar-refractivity contribution is 5.44. The van der Waals surface area contributed by atoms with Crippen LogP contribution in [0.3, 0.4) is 0 Å². The first-order chi connectivity index (χ1) is 7.97. The molecule has 1 aromatic heterocycles. The van der Waals surface area contributed by atoms with E-state index in [2.05, 4.69) is 25.8 Å². The maximum absolute atomic E-state index is 6.07. The van der Waals surface area contributed by atoms with E-state index in [0.29, 0.717) is 11.9 Å². The number of pyridine rings is 1. The molecule has 0 unspecified atom stereocenters. The Hall–Kier alpha value is -1.25. The lowest BCUT2D eigenvalue weighted by atomic mass is 9.87. The highest BCUT2D eigenvalue weighted by Gasteiger charge is 2.23. The third kappa shape index (κ3) is 2.90. The van der Waals surface area contributed by atoms with Crippen molar-refractivity contribution < 1.29 is 4.74 Å². The molecule has 0 spiro atoms. The van der Waals surface area contributed by atoms with Crippen LogP contribution in [0.2, 0.25) is 0 Å². The van der Waals surface area contributed by atoms with Crippen molar-refractivity contribution in [3.8, 4) is 5.75 Å². The lowest BCUT2D eigenvalue weighted by Gasteiger charge is -2.24. The van der Waals surface area contributed by atoms with Crippen LogP contribution in [0.1, 0.15) is 52.0 Å². The predicted octanol–water partition coefficient (Wildman–Crippen LogP) is 3.28. The molecule has 3 nitrogen and oxygen atoms in total. The zero-order valence-corrected chi connectivity index (χ0v) is 11.0. The van der Waals surface area contributed by atoms with Crippen LogP contribution in [0.4, 0.5) is 5.82 Å². The second-order valence-corrected chi connectivity index (χ2v) is 5.88. The molecule has 0 amide bonds. The molecule has 0 atom stereocenters. The molecule has 17 heavy (non-hydrogen) atoms. The normalized spacial score (nSPS) is 17.4. The molecule has 94 valence electrons.